The zero-order valence-electron chi connectivity index (χ0n) is 22.2. The van der Waals surface area contributed by atoms with Crippen LogP contribution < -0.4 is 14.8 Å². The van der Waals surface area contributed by atoms with E-state index in [2.05, 4.69) is 5.32 Å². The van der Waals surface area contributed by atoms with E-state index < -0.39 is 23.8 Å². The van der Waals surface area contributed by atoms with Gasteiger partial charge in [0.15, 0.2) is 6.10 Å². The molecule has 0 saturated carbocycles. The van der Waals surface area contributed by atoms with Crippen molar-refractivity contribution >= 4 is 12.0 Å². The van der Waals surface area contributed by atoms with Crippen LogP contribution in [0.5, 0.6) is 11.5 Å². The van der Waals surface area contributed by atoms with Gasteiger partial charge in [-0.3, -0.25) is 0 Å². The first kappa shape index (κ1) is 28.8. The van der Waals surface area contributed by atoms with Crippen molar-refractivity contribution in [2.75, 3.05) is 19.8 Å². The van der Waals surface area contributed by atoms with Crippen molar-refractivity contribution < 1.29 is 37.0 Å². The summed E-state index contributed by atoms with van der Waals surface area (Å²) >= 11 is 0. The summed E-state index contributed by atoms with van der Waals surface area (Å²) in [6.07, 6.45) is -4.56. The number of amides is 2. The highest BCUT2D eigenvalue weighted by Crippen LogP contribution is 2.32. The minimum Gasteiger partial charge on any atom is -0.493 e. The molecule has 4 rings (SSSR count). The molecule has 2 atom stereocenters. The maximum atomic E-state index is 12.8. The van der Waals surface area contributed by atoms with Gasteiger partial charge in [0.1, 0.15) is 11.5 Å². The molecule has 10 heteroatoms. The smallest absolute Gasteiger partial charge is 0.416 e. The summed E-state index contributed by atoms with van der Waals surface area (Å²) in [7, 11) is 0. The molecule has 3 aromatic rings. The highest BCUT2D eigenvalue weighted by atomic mass is 19.4. The third-order valence-corrected chi connectivity index (χ3v) is 6.42. The summed E-state index contributed by atoms with van der Waals surface area (Å²) in [6.45, 7) is 4.67. The first-order valence-corrected chi connectivity index (χ1v) is 13.0. The molecule has 0 aromatic heterocycles. The van der Waals surface area contributed by atoms with Gasteiger partial charge in [-0.15, -0.1) is 0 Å². The van der Waals surface area contributed by atoms with Crippen molar-refractivity contribution in [3.05, 3.63) is 83.9 Å². The normalized spacial score (nSPS) is 15.9. The molecule has 1 saturated heterocycles. The number of carbonyl (C=O) groups excluding carboxylic acids is 2. The maximum absolute atomic E-state index is 12.8. The summed E-state index contributed by atoms with van der Waals surface area (Å²) in [5.74, 6) is 0.800. The molecule has 40 heavy (non-hydrogen) atoms. The summed E-state index contributed by atoms with van der Waals surface area (Å²) in [6, 6.07) is 19.3. The average molecular weight is 557 g/mol. The Labute approximate surface area is 230 Å². The van der Waals surface area contributed by atoms with E-state index in [0.29, 0.717) is 36.6 Å². The lowest BCUT2D eigenvalue weighted by atomic mass is 10.0. The minimum atomic E-state index is -4.39. The number of rotatable bonds is 11. The van der Waals surface area contributed by atoms with Gasteiger partial charge in [0.05, 0.1) is 24.8 Å². The number of ether oxygens (including phenoxy) is 3. The number of hydrogen-bond acceptors (Lipinski definition) is 5. The Balaban J connectivity index is 1.30. The number of para-hydroxylation sites is 1. The topological polar surface area (TPSA) is 77.1 Å². The Morgan fingerprint density at radius 1 is 1.05 bits per heavy atom. The minimum absolute atomic E-state index is 0.146. The number of benzene rings is 3. The van der Waals surface area contributed by atoms with Crippen LogP contribution in [0.1, 0.15) is 31.4 Å². The lowest BCUT2D eigenvalue weighted by molar-refractivity contribution is -0.150. The molecule has 0 aliphatic carbocycles. The number of alkyl halides is 3. The quantitative estimate of drug-likeness (QED) is 0.290. The number of nitrogens with zero attached hydrogens (tertiary/aromatic N) is 1. The van der Waals surface area contributed by atoms with Crippen molar-refractivity contribution in [2.45, 2.75) is 45.1 Å². The standard InChI is InChI=1S/C30H31F3N2O5/c1-3-38-28(36)20(2)40-25-14-10-22(11-15-25)26-6-4-5-7-27(26)39-17-16-24-19-35(29(37)34-24)18-21-8-12-23(13-9-21)30(31,32)33/h4-15,20,24H,3,16-19H2,1-2H3,(H,34,37). The van der Waals surface area contributed by atoms with Crippen molar-refractivity contribution in [1.29, 1.82) is 0 Å². The van der Waals surface area contributed by atoms with Gasteiger partial charge in [-0.25, -0.2) is 9.59 Å². The summed E-state index contributed by atoms with van der Waals surface area (Å²) in [5, 5.41) is 2.91. The molecule has 0 spiro atoms. The summed E-state index contributed by atoms with van der Waals surface area (Å²) in [5.41, 5.74) is 1.70. The zero-order valence-corrected chi connectivity index (χ0v) is 22.2. The van der Waals surface area contributed by atoms with Crippen molar-refractivity contribution in [3.63, 3.8) is 0 Å². The van der Waals surface area contributed by atoms with Crippen LogP contribution in [-0.2, 0) is 22.3 Å². The van der Waals surface area contributed by atoms with Gasteiger partial charge in [-0.05, 0) is 55.3 Å². The van der Waals surface area contributed by atoms with Crippen LogP contribution in [0, 0.1) is 0 Å². The molecule has 2 unspecified atom stereocenters. The van der Waals surface area contributed by atoms with E-state index in [4.69, 9.17) is 14.2 Å². The second-order valence-corrected chi connectivity index (χ2v) is 9.39. The fraction of sp³-hybridized carbons (Fsp3) is 0.333. The van der Waals surface area contributed by atoms with Gasteiger partial charge < -0.3 is 24.4 Å². The van der Waals surface area contributed by atoms with Crippen molar-refractivity contribution in [2.24, 2.45) is 0 Å². The Morgan fingerprint density at radius 2 is 1.75 bits per heavy atom. The molecule has 1 aliphatic rings. The van der Waals surface area contributed by atoms with Gasteiger partial charge in [0, 0.05) is 25.1 Å². The van der Waals surface area contributed by atoms with E-state index >= 15 is 0 Å². The molecular formula is C30H31F3N2O5. The highest BCUT2D eigenvalue weighted by molar-refractivity contribution is 5.77. The van der Waals surface area contributed by atoms with Crippen LogP contribution >= 0.6 is 0 Å². The Morgan fingerprint density at radius 3 is 2.42 bits per heavy atom. The molecule has 7 nitrogen and oxygen atoms in total. The molecule has 1 heterocycles. The van der Waals surface area contributed by atoms with Gasteiger partial charge >= 0.3 is 18.2 Å². The van der Waals surface area contributed by atoms with E-state index in [0.717, 1.165) is 23.3 Å². The fourth-order valence-corrected chi connectivity index (χ4v) is 4.35. The third-order valence-electron chi connectivity index (χ3n) is 6.42. The molecule has 0 radical (unpaired) electrons. The SMILES string of the molecule is CCOC(=O)C(C)Oc1ccc(-c2ccccc2OCCC2CN(Cc3ccc(C(F)(F)F)cc3)C(=O)N2)cc1. The second-order valence-electron chi connectivity index (χ2n) is 9.39. The molecule has 2 amide bonds. The van der Waals surface area contributed by atoms with E-state index in [1.165, 1.54) is 12.1 Å². The number of halogens is 3. The number of carbonyl (C=O) groups is 2. The second kappa shape index (κ2) is 12.8. The Hall–Kier alpha value is -4.21. The summed E-state index contributed by atoms with van der Waals surface area (Å²) < 4.78 is 55.1. The van der Waals surface area contributed by atoms with Gasteiger partial charge in [0.2, 0.25) is 0 Å². The zero-order chi connectivity index (χ0) is 28.7. The number of urea groups is 1. The molecular weight excluding hydrogens is 525 g/mol. The van der Waals surface area contributed by atoms with E-state index in [9.17, 15) is 22.8 Å². The van der Waals surface area contributed by atoms with Crippen LogP contribution in [0.3, 0.4) is 0 Å². The van der Waals surface area contributed by atoms with Crippen LogP contribution in [0.15, 0.2) is 72.8 Å². The molecule has 0 bridgehead atoms. The number of hydrogen-bond donors (Lipinski definition) is 1. The fourth-order valence-electron chi connectivity index (χ4n) is 4.35. The lowest BCUT2D eigenvalue weighted by Crippen LogP contribution is -2.29. The largest absolute Gasteiger partial charge is 0.493 e. The maximum Gasteiger partial charge on any atom is 0.416 e. The van der Waals surface area contributed by atoms with E-state index in [1.807, 2.05) is 36.4 Å². The van der Waals surface area contributed by atoms with Crippen molar-refractivity contribution in [3.8, 4) is 22.6 Å². The number of nitrogens with one attached hydrogen (secondary N) is 1. The van der Waals surface area contributed by atoms with Gasteiger partial charge in [-0.1, -0.05) is 42.5 Å². The predicted octanol–water partition coefficient (Wildman–Crippen LogP) is 6.07. The molecule has 3 aromatic carbocycles. The monoisotopic (exact) mass is 556 g/mol. The van der Waals surface area contributed by atoms with Crippen LogP contribution in [-0.4, -0.2) is 48.8 Å². The first-order chi connectivity index (χ1) is 19.1. The van der Waals surface area contributed by atoms with Gasteiger partial charge in [-0.2, -0.15) is 13.2 Å². The summed E-state index contributed by atoms with van der Waals surface area (Å²) in [4.78, 5) is 25.8. The average Bonchev–Trinajstić information content (AvgIpc) is 3.27. The molecule has 1 fully saturated rings. The highest BCUT2D eigenvalue weighted by Gasteiger charge is 2.31. The van der Waals surface area contributed by atoms with Gasteiger partial charge in [0.25, 0.3) is 0 Å². The molecule has 212 valence electrons. The van der Waals surface area contributed by atoms with E-state index in [1.54, 1.807) is 30.9 Å². The van der Waals surface area contributed by atoms with Crippen LogP contribution in [0.2, 0.25) is 0 Å². The lowest BCUT2D eigenvalue weighted by Gasteiger charge is -2.16. The van der Waals surface area contributed by atoms with E-state index in [-0.39, 0.29) is 25.2 Å². The van der Waals surface area contributed by atoms with Crippen molar-refractivity contribution in [1.82, 2.24) is 10.2 Å². The van der Waals surface area contributed by atoms with Crippen LogP contribution in [0.25, 0.3) is 11.1 Å². The third kappa shape index (κ3) is 7.46. The molecule has 1 aliphatic heterocycles. The predicted molar refractivity (Wildman–Crippen MR) is 143 cm³/mol. The number of esters is 1. The Kier molecular flexibility index (Phi) is 9.19. The first-order valence-electron chi connectivity index (χ1n) is 13.0. The Bertz CT molecular complexity index is 1300. The molecule has 1 N–H and O–H groups in total. The van der Waals surface area contributed by atoms with Crippen LogP contribution in [0.4, 0.5) is 18.0 Å².